The van der Waals surface area contributed by atoms with Crippen molar-refractivity contribution in [1.29, 1.82) is 0 Å². The molecular weight excluding hydrogens is 651 g/mol. The van der Waals surface area contributed by atoms with Crippen LogP contribution in [-0.4, -0.2) is 23.0 Å². The van der Waals surface area contributed by atoms with Crippen LogP contribution in [0.2, 0.25) is 13.1 Å². The number of benzene rings is 8. The summed E-state index contributed by atoms with van der Waals surface area (Å²) in [6.07, 6.45) is 0. The summed E-state index contributed by atoms with van der Waals surface area (Å²) in [6.45, 7) is 4.88. The van der Waals surface area contributed by atoms with E-state index in [-0.39, 0.29) is 0 Å². The van der Waals surface area contributed by atoms with Crippen molar-refractivity contribution < 1.29 is 4.42 Å². The molecule has 1 aliphatic heterocycles. The number of nitrogens with zero attached hydrogens (tertiary/aromatic N) is 3. The molecule has 0 saturated carbocycles. The summed E-state index contributed by atoms with van der Waals surface area (Å²) in [7, 11) is -2.09. The van der Waals surface area contributed by atoms with Gasteiger partial charge in [0.25, 0.3) is 0 Å². The van der Waals surface area contributed by atoms with Gasteiger partial charge in [-0.05, 0) is 66.5 Å². The van der Waals surface area contributed by atoms with Crippen LogP contribution in [0.4, 0.5) is 0 Å². The molecule has 5 heteroatoms. The maximum absolute atomic E-state index is 6.83. The lowest BCUT2D eigenvalue weighted by Crippen LogP contribution is -2.49. The molecule has 0 saturated heterocycles. The number of hydrogen-bond donors (Lipinski definition) is 0. The molecule has 0 N–H and O–H groups in total. The van der Waals surface area contributed by atoms with E-state index in [1.54, 1.807) is 0 Å². The molecule has 52 heavy (non-hydrogen) atoms. The Morgan fingerprint density at radius 3 is 1.92 bits per heavy atom. The van der Waals surface area contributed by atoms with Crippen LogP contribution < -0.4 is 10.4 Å². The van der Waals surface area contributed by atoms with E-state index < -0.39 is 8.07 Å². The van der Waals surface area contributed by atoms with Crippen LogP contribution in [0.25, 0.3) is 99.5 Å². The molecule has 0 fully saturated rings. The van der Waals surface area contributed by atoms with Gasteiger partial charge in [0.2, 0.25) is 0 Å². The van der Waals surface area contributed by atoms with Gasteiger partial charge in [0.05, 0.1) is 0 Å². The Hall–Kier alpha value is -6.43. The molecule has 244 valence electrons. The first kappa shape index (κ1) is 29.3. The molecule has 0 amide bonds. The summed E-state index contributed by atoms with van der Waals surface area (Å²) in [5, 5.41) is 12.0. The molecule has 1 aliphatic rings. The van der Waals surface area contributed by atoms with Gasteiger partial charge in [-0.2, -0.15) is 0 Å². The van der Waals surface area contributed by atoms with Crippen molar-refractivity contribution >= 4 is 72.7 Å². The van der Waals surface area contributed by atoms with Crippen molar-refractivity contribution in [2.75, 3.05) is 0 Å². The third-order valence-electron chi connectivity index (χ3n) is 11.1. The zero-order valence-corrected chi connectivity index (χ0v) is 29.7. The largest absolute Gasteiger partial charge is 0.455 e. The standard InChI is InChI=1S/C47H31N3OSi/c1-52(2)40-21-10-8-18-37(40)43-41(52)27-38(42-36-17-7-9-20-39(36)51-44(42)43)47-49-45(48-46(50-47)35-19-11-14-28-12-3-6-16-33(28)35)31-24-25-34-30(26-31)23-22-29-13-4-5-15-32(29)34/h3-27H,1-2H3. The normalized spacial score (nSPS) is 13.3. The van der Waals surface area contributed by atoms with E-state index in [0.717, 1.165) is 54.8 Å². The average Bonchev–Trinajstić information content (AvgIpc) is 3.69. The van der Waals surface area contributed by atoms with Crippen LogP contribution >= 0.6 is 0 Å². The van der Waals surface area contributed by atoms with Crippen molar-refractivity contribution in [1.82, 2.24) is 15.0 Å². The number of hydrogen-bond acceptors (Lipinski definition) is 4. The fraction of sp³-hybridized carbons (Fsp3) is 0.0426. The first-order chi connectivity index (χ1) is 25.5. The molecule has 0 atom stereocenters. The highest BCUT2D eigenvalue weighted by atomic mass is 28.3. The molecule has 0 spiro atoms. The number of furan rings is 1. The van der Waals surface area contributed by atoms with Crippen molar-refractivity contribution in [3.05, 3.63) is 152 Å². The quantitative estimate of drug-likeness (QED) is 0.138. The predicted octanol–water partition coefficient (Wildman–Crippen LogP) is 11.0. The molecular formula is C47H31N3OSi. The van der Waals surface area contributed by atoms with E-state index in [1.807, 2.05) is 6.07 Å². The van der Waals surface area contributed by atoms with Gasteiger partial charge in [0.15, 0.2) is 17.5 Å². The summed E-state index contributed by atoms with van der Waals surface area (Å²) in [4.78, 5) is 16.0. The Balaban J connectivity index is 1.23. The van der Waals surface area contributed by atoms with Gasteiger partial charge in [-0.1, -0.05) is 147 Å². The monoisotopic (exact) mass is 681 g/mol. The predicted molar refractivity (Wildman–Crippen MR) is 218 cm³/mol. The Labute approximate surface area is 301 Å². The van der Waals surface area contributed by atoms with Gasteiger partial charge < -0.3 is 4.42 Å². The number of para-hydroxylation sites is 1. The second-order valence-corrected chi connectivity index (χ2v) is 18.7. The highest BCUT2D eigenvalue weighted by Gasteiger charge is 2.40. The van der Waals surface area contributed by atoms with Gasteiger partial charge in [-0.25, -0.2) is 15.0 Å². The fourth-order valence-electron chi connectivity index (χ4n) is 8.55. The van der Waals surface area contributed by atoms with Gasteiger partial charge in [0, 0.05) is 33.0 Å². The van der Waals surface area contributed by atoms with Crippen LogP contribution in [0.1, 0.15) is 0 Å². The summed E-state index contributed by atoms with van der Waals surface area (Å²) >= 11 is 0. The number of fused-ring (bicyclic) bond motifs is 11. The fourth-order valence-corrected chi connectivity index (χ4v) is 11.6. The third kappa shape index (κ3) is 4.17. The molecule has 8 aromatic carbocycles. The Morgan fingerprint density at radius 1 is 0.442 bits per heavy atom. The summed E-state index contributed by atoms with van der Waals surface area (Å²) in [5.41, 5.74) is 7.17. The Kier molecular flexibility index (Phi) is 6.08. The zero-order chi connectivity index (χ0) is 34.6. The van der Waals surface area contributed by atoms with Crippen LogP contribution in [0, 0.1) is 0 Å². The van der Waals surface area contributed by atoms with E-state index in [9.17, 15) is 0 Å². The van der Waals surface area contributed by atoms with Crippen molar-refractivity contribution in [2.45, 2.75) is 13.1 Å². The highest BCUT2D eigenvalue weighted by molar-refractivity contribution is 7.04. The third-order valence-corrected chi connectivity index (χ3v) is 14.6. The molecule has 4 nitrogen and oxygen atoms in total. The Bertz CT molecular complexity index is 3120. The topological polar surface area (TPSA) is 51.8 Å². The molecule has 10 aromatic rings. The van der Waals surface area contributed by atoms with Gasteiger partial charge in [0.1, 0.15) is 19.2 Å². The lowest BCUT2D eigenvalue weighted by molar-refractivity contribution is 0.670. The average molecular weight is 682 g/mol. The second kappa shape index (κ2) is 10.8. The van der Waals surface area contributed by atoms with E-state index in [2.05, 4.69) is 159 Å². The first-order valence-corrected chi connectivity index (χ1v) is 20.8. The zero-order valence-electron chi connectivity index (χ0n) is 28.7. The second-order valence-electron chi connectivity index (χ2n) is 14.4. The van der Waals surface area contributed by atoms with Crippen LogP contribution in [0.3, 0.4) is 0 Å². The summed E-state index contributed by atoms with van der Waals surface area (Å²) in [6, 6.07) is 53.9. The number of rotatable bonds is 3. The molecule has 0 radical (unpaired) electrons. The maximum atomic E-state index is 6.83. The molecule has 0 unspecified atom stereocenters. The van der Waals surface area contributed by atoms with Crippen LogP contribution in [-0.2, 0) is 0 Å². The van der Waals surface area contributed by atoms with Crippen molar-refractivity contribution in [3.63, 3.8) is 0 Å². The van der Waals surface area contributed by atoms with Gasteiger partial charge in [-0.3, -0.25) is 0 Å². The minimum atomic E-state index is -2.09. The SMILES string of the molecule is C[Si]1(C)c2ccccc2-c2c1cc(-c1nc(-c3ccc4c(ccc5ccccc54)c3)nc(-c3cccc4ccccc34)n1)c1c2oc2ccccc21. The number of aromatic nitrogens is 3. The Morgan fingerprint density at radius 2 is 1.06 bits per heavy atom. The van der Waals surface area contributed by atoms with Crippen LogP contribution in [0.5, 0.6) is 0 Å². The highest BCUT2D eigenvalue weighted by Crippen LogP contribution is 2.44. The van der Waals surface area contributed by atoms with Gasteiger partial charge >= 0.3 is 0 Å². The molecule has 11 rings (SSSR count). The van der Waals surface area contributed by atoms with Crippen molar-refractivity contribution in [3.8, 4) is 45.3 Å². The van der Waals surface area contributed by atoms with E-state index in [4.69, 9.17) is 19.4 Å². The molecule has 3 heterocycles. The van der Waals surface area contributed by atoms with Crippen LogP contribution in [0.15, 0.2) is 156 Å². The smallest absolute Gasteiger partial charge is 0.164 e. The molecule has 0 bridgehead atoms. The minimum Gasteiger partial charge on any atom is -0.455 e. The van der Waals surface area contributed by atoms with Gasteiger partial charge in [-0.15, -0.1) is 0 Å². The lowest BCUT2D eigenvalue weighted by atomic mass is 9.97. The lowest BCUT2D eigenvalue weighted by Gasteiger charge is -2.19. The van der Waals surface area contributed by atoms with E-state index >= 15 is 0 Å². The van der Waals surface area contributed by atoms with E-state index in [1.165, 1.54) is 37.7 Å². The summed E-state index contributed by atoms with van der Waals surface area (Å²) < 4.78 is 6.83. The first-order valence-electron chi connectivity index (χ1n) is 17.8. The van der Waals surface area contributed by atoms with E-state index in [0.29, 0.717) is 17.5 Å². The summed E-state index contributed by atoms with van der Waals surface area (Å²) in [5.74, 6) is 1.94. The van der Waals surface area contributed by atoms with Crippen molar-refractivity contribution in [2.24, 2.45) is 0 Å². The maximum Gasteiger partial charge on any atom is 0.164 e. The molecule has 2 aromatic heterocycles. The molecule has 0 aliphatic carbocycles. The minimum absolute atomic E-state index is 0.643.